The van der Waals surface area contributed by atoms with Gasteiger partial charge in [-0.2, -0.15) is 0 Å². The van der Waals surface area contributed by atoms with E-state index in [0.29, 0.717) is 5.13 Å². The number of rotatable bonds is 4. The topological polar surface area (TPSA) is 81.2 Å². The molecule has 0 atom stereocenters. The minimum Gasteiger partial charge on any atom is -0.451 e. The van der Waals surface area contributed by atoms with Gasteiger partial charge in [0.25, 0.3) is 5.91 Å². The first-order valence-corrected chi connectivity index (χ1v) is 8.10. The van der Waals surface area contributed by atoms with Crippen LogP contribution in [0.1, 0.15) is 21.6 Å². The Kier molecular flexibility index (Phi) is 4.52. The highest BCUT2D eigenvalue weighted by atomic mass is 32.1. The lowest BCUT2D eigenvalue weighted by Gasteiger charge is -2.03. The van der Waals surface area contributed by atoms with E-state index in [0.717, 1.165) is 21.3 Å². The summed E-state index contributed by atoms with van der Waals surface area (Å²) in [5, 5.41) is 3.14. The van der Waals surface area contributed by atoms with Crippen LogP contribution in [0.25, 0.3) is 10.2 Å². The van der Waals surface area contributed by atoms with Crippen molar-refractivity contribution in [1.29, 1.82) is 0 Å². The number of benzene rings is 1. The molecule has 0 radical (unpaired) electrons. The summed E-state index contributed by atoms with van der Waals surface area (Å²) in [5.41, 5.74) is 3.23. The van der Waals surface area contributed by atoms with Gasteiger partial charge in [-0.3, -0.25) is 10.1 Å². The van der Waals surface area contributed by atoms with Gasteiger partial charge in [0.05, 0.1) is 10.2 Å². The molecule has 0 aliphatic heterocycles. The van der Waals surface area contributed by atoms with Crippen LogP contribution in [0, 0.1) is 13.8 Å². The molecule has 3 rings (SSSR count). The van der Waals surface area contributed by atoms with Crippen LogP contribution in [0.15, 0.2) is 36.5 Å². The fraction of sp³-hybridized carbons (Fsp3) is 0.176. The number of nitrogens with one attached hydrogen (secondary N) is 1. The van der Waals surface area contributed by atoms with Crippen molar-refractivity contribution in [2.45, 2.75) is 13.8 Å². The average molecular weight is 341 g/mol. The lowest BCUT2D eigenvalue weighted by atomic mass is 10.1. The van der Waals surface area contributed by atoms with Gasteiger partial charge in [0.2, 0.25) is 0 Å². The van der Waals surface area contributed by atoms with Crippen LogP contribution >= 0.6 is 11.3 Å². The monoisotopic (exact) mass is 341 g/mol. The molecule has 3 aromatic rings. The first kappa shape index (κ1) is 16.1. The molecule has 0 fully saturated rings. The van der Waals surface area contributed by atoms with E-state index >= 15 is 0 Å². The van der Waals surface area contributed by atoms with Gasteiger partial charge >= 0.3 is 5.97 Å². The Morgan fingerprint density at radius 3 is 2.83 bits per heavy atom. The Morgan fingerprint density at radius 2 is 2.08 bits per heavy atom. The fourth-order valence-corrected chi connectivity index (χ4v) is 3.33. The number of carbonyl (C=O) groups excluding carboxylic acids is 2. The van der Waals surface area contributed by atoms with Crippen molar-refractivity contribution >= 4 is 38.6 Å². The molecule has 0 spiro atoms. The quantitative estimate of drug-likeness (QED) is 0.738. The normalized spacial score (nSPS) is 10.6. The van der Waals surface area contributed by atoms with Crippen LogP contribution in [0.5, 0.6) is 0 Å². The second kappa shape index (κ2) is 6.76. The number of hydrogen-bond donors (Lipinski definition) is 1. The summed E-state index contributed by atoms with van der Waals surface area (Å²) in [6.07, 6.45) is 1.49. The van der Waals surface area contributed by atoms with Gasteiger partial charge in [-0.15, -0.1) is 0 Å². The van der Waals surface area contributed by atoms with Crippen LogP contribution in [-0.4, -0.2) is 28.5 Å². The first-order chi connectivity index (χ1) is 11.5. The van der Waals surface area contributed by atoms with Gasteiger partial charge < -0.3 is 4.74 Å². The van der Waals surface area contributed by atoms with E-state index in [2.05, 4.69) is 15.3 Å². The number of ether oxygens (including phenoxy) is 1. The summed E-state index contributed by atoms with van der Waals surface area (Å²) >= 11 is 1.39. The SMILES string of the molecule is Cc1cc(C)c2nc(NC(=O)COC(=O)c3ccccn3)sc2c1. The molecular formula is C17H15N3O3S. The Balaban J connectivity index is 1.63. The smallest absolute Gasteiger partial charge is 0.357 e. The average Bonchev–Trinajstić information content (AvgIpc) is 2.96. The molecule has 2 aromatic heterocycles. The molecule has 0 bridgehead atoms. The van der Waals surface area contributed by atoms with Crippen LogP contribution < -0.4 is 5.32 Å². The number of thiazole rings is 1. The molecule has 0 aliphatic rings. The Bertz CT molecular complexity index is 906. The zero-order valence-corrected chi connectivity index (χ0v) is 14.0. The summed E-state index contributed by atoms with van der Waals surface area (Å²) in [6, 6.07) is 8.97. The van der Waals surface area contributed by atoms with E-state index in [4.69, 9.17) is 4.74 Å². The Morgan fingerprint density at radius 1 is 1.25 bits per heavy atom. The van der Waals surface area contributed by atoms with E-state index in [1.54, 1.807) is 12.1 Å². The zero-order chi connectivity index (χ0) is 17.1. The largest absolute Gasteiger partial charge is 0.451 e. The molecule has 0 saturated carbocycles. The third-order valence-electron chi connectivity index (χ3n) is 3.28. The third kappa shape index (κ3) is 3.57. The highest BCUT2D eigenvalue weighted by molar-refractivity contribution is 7.22. The molecule has 0 aliphatic carbocycles. The minimum atomic E-state index is -0.637. The number of pyridine rings is 1. The number of amides is 1. The highest BCUT2D eigenvalue weighted by Crippen LogP contribution is 2.29. The van der Waals surface area contributed by atoms with Crippen molar-refractivity contribution in [1.82, 2.24) is 9.97 Å². The first-order valence-electron chi connectivity index (χ1n) is 7.29. The van der Waals surface area contributed by atoms with E-state index in [1.165, 1.54) is 23.6 Å². The van der Waals surface area contributed by atoms with Gasteiger partial charge in [-0.25, -0.2) is 14.8 Å². The highest BCUT2D eigenvalue weighted by Gasteiger charge is 2.13. The van der Waals surface area contributed by atoms with E-state index in [-0.39, 0.29) is 12.3 Å². The van der Waals surface area contributed by atoms with Gasteiger partial charge in [0.1, 0.15) is 5.69 Å². The van der Waals surface area contributed by atoms with Crippen LogP contribution in [-0.2, 0) is 9.53 Å². The number of aromatic nitrogens is 2. The molecule has 6 nitrogen and oxygen atoms in total. The maximum absolute atomic E-state index is 11.9. The summed E-state index contributed by atoms with van der Waals surface area (Å²) in [4.78, 5) is 32.0. The molecule has 7 heteroatoms. The van der Waals surface area contributed by atoms with Gasteiger partial charge in [0, 0.05) is 6.20 Å². The van der Waals surface area contributed by atoms with Crippen molar-refractivity contribution in [3.05, 3.63) is 53.3 Å². The molecule has 24 heavy (non-hydrogen) atoms. The number of aryl methyl sites for hydroxylation is 2. The molecule has 2 heterocycles. The number of fused-ring (bicyclic) bond motifs is 1. The Hall–Kier alpha value is -2.80. The summed E-state index contributed by atoms with van der Waals surface area (Å²) < 4.78 is 5.95. The number of anilines is 1. The maximum atomic E-state index is 11.9. The van der Waals surface area contributed by atoms with Crippen molar-refractivity contribution in [3.63, 3.8) is 0 Å². The molecule has 1 amide bonds. The van der Waals surface area contributed by atoms with Crippen LogP contribution in [0.3, 0.4) is 0 Å². The fourth-order valence-electron chi connectivity index (χ4n) is 2.27. The molecule has 1 aromatic carbocycles. The maximum Gasteiger partial charge on any atom is 0.357 e. The van der Waals surface area contributed by atoms with Crippen LogP contribution in [0.4, 0.5) is 5.13 Å². The van der Waals surface area contributed by atoms with Gasteiger partial charge in [-0.1, -0.05) is 23.5 Å². The van der Waals surface area contributed by atoms with Gasteiger partial charge in [-0.05, 0) is 43.2 Å². The number of nitrogens with zero attached hydrogens (tertiary/aromatic N) is 2. The molecule has 122 valence electrons. The predicted molar refractivity (Wildman–Crippen MR) is 92.2 cm³/mol. The molecular weight excluding hydrogens is 326 g/mol. The lowest BCUT2D eigenvalue weighted by Crippen LogP contribution is -2.21. The molecule has 0 unspecified atom stereocenters. The van der Waals surface area contributed by atoms with Crippen molar-refractivity contribution in [2.24, 2.45) is 0 Å². The third-order valence-corrected chi connectivity index (χ3v) is 4.20. The summed E-state index contributed by atoms with van der Waals surface area (Å²) in [6.45, 7) is 3.61. The van der Waals surface area contributed by atoms with Crippen molar-refractivity contribution < 1.29 is 14.3 Å². The predicted octanol–water partition coefficient (Wildman–Crippen LogP) is 3.10. The Labute approximate surface area is 142 Å². The molecule has 0 saturated heterocycles. The van der Waals surface area contributed by atoms with E-state index < -0.39 is 11.9 Å². The second-order valence-electron chi connectivity index (χ2n) is 5.29. The second-order valence-corrected chi connectivity index (χ2v) is 6.32. The molecule has 1 N–H and O–H groups in total. The summed E-state index contributed by atoms with van der Waals surface area (Å²) in [5.74, 6) is -1.07. The number of carbonyl (C=O) groups is 2. The van der Waals surface area contributed by atoms with Crippen molar-refractivity contribution in [2.75, 3.05) is 11.9 Å². The van der Waals surface area contributed by atoms with Crippen molar-refractivity contribution in [3.8, 4) is 0 Å². The zero-order valence-electron chi connectivity index (χ0n) is 13.2. The van der Waals surface area contributed by atoms with E-state index in [9.17, 15) is 9.59 Å². The standard InChI is InChI=1S/C17H15N3O3S/c1-10-7-11(2)15-13(8-10)24-17(20-15)19-14(21)9-23-16(22)12-5-3-4-6-18-12/h3-8H,9H2,1-2H3,(H,19,20,21). The number of hydrogen-bond acceptors (Lipinski definition) is 6. The minimum absolute atomic E-state index is 0.163. The van der Waals surface area contributed by atoms with Crippen LogP contribution in [0.2, 0.25) is 0 Å². The van der Waals surface area contributed by atoms with E-state index in [1.807, 2.05) is 26.0 Å². The number of esters is 1. The van der Waals surface area contributed by atoms with Gasteiger partial charge in [0.15, 0.2) is 11.7 Å². The summed E-state index contributed by atoms with van der Waals surface area (Å²) in [7, 11) is 0. The lowest BCUT2D eigenvalue weighted by molar-refractivity contribution is -0.119.